The summed E-state index contributed by atoms with van der Waals surface area (Å²) in [4.78, 5) is 0. The maximum atomic E-state index is 9.43. The first-order valence-corrected chi connectivity index (χ1v) is 5.01. The maximum Gasteiger partial charge on any atom is 0.0540 e. The molecule has 1 nitrogen and oxygen atoms in total. The van der Waals surface area contributed by atoms with E-state index in [1.54, 1.807) is 0 Å². The van der Waals surface area contributed by atoms with Gasteiger partial charge in [-0.1, -0.05) is 32.6 Å². The van der Waals surface area contributed by atoms with Gasteiger partial charge in [-0.25, -0.2) is 0 Å². The lowest BCUT2D eigenvalue weighted by molar-refractivity contribution is 0.130. The van der Waals surface area contributed by atoms with Crippen molar-refractivity contribution in [3.05, 3.63) is 0 Å². The lowest BCUT2D eigenvalue weighted by atomic mass is 9.88. The molecule has 1 aliphatic rings. The molecule has 0 aromatic carbocycles. The summed E-state index contributed by atoms with van der Waals surface area (Å²) in [7, 11) is 0. The lowest BCUT2D eigenvalue weighted by Crippen LogP contribution is -2.12. The van der Waals surface area contributed by atoms with Gasteiger partial charge in [0.2, 0.25) is 0 Å². The van der Waals surface area contributed by atoms with Crippen molar-refractivity contribution in [1.29, 1.82) is 0 Å². The van der Waals surface area contributed by atoms with Gasteiger partial charge >= 0.3 is 0 Å². The highest BCUT2D eigenvalue weighted by atomic mass is 16.3. The fourth-order valence-electron chi connectivity index (χ4n) is 1.94. The largest absolute Gasteiger partial charge is 0.393 e. The summed E-state index contributed by atoms with van der Waals surface area (Å²) < 4.78 is 0. The Hall–Kier alpha value is -0.0400. The number of aliphatic hydroxyl groups is 1. The van der Waals surface area contributed by atoms with Crippen LogP contribution in [0.3, 0.4) is 0 Å². The van der Waals surface area contributed by atoms with Crippen molar-refractivity contribution in [2.75, 3.05) is 0 Å². The van der Waals surface area contributed by atoms with Crippen molar-refractivity contribution in [1.82, 2.24) is 0 Å². The molecule has 0 aromatic heterocycles. The summed E-state index contributed by atoms with van der Waals surface area (Å²) in [5.74, 6) is 0.893. The summed E-state index contributed by atoms with van der Waals surface area (Å²) in [6.45, 7) is 2.26. The minimum absolute atomic E-state index is 0.00403. The first kappa shape index (κ1) is 9.05. The average Bonchev–Trinajstić information content (AvgIpc) is 1.98. The molecule has 0 aliphatic heterocycles. The minimum atomic E-state index is 0.00403. The van der Waals surface area contributed by atoms with E-state index in [0.717, 1.165) is 18.8 Å². The molecule has 0 aromatic rings. The highest BCUT2D eigenvalue weighted by Crippen LogP contribution is 2.24. The Morgan fingerprint density at radius 3 is 2.55 bits per heavy atom. The Kier molecular flexibility index (Phi) is 3.92. The third-order valence-corrected chi connectivity index (χ3v) is 2.89. The van der Waals surface area contributed by atoms with Gasteiger partial charge < -0.3 is 5.11 Å². The molecule has 1 aliphatic carbocycles. The molecular formula is C10H20O. The zero-order chi connectivity index (χ0) is 8.10. The van der Waals surface area contributed by atoms with Crippen LogP contribution in [0.5, 0.6) is 0 Å². The van der Waals surface area contributed by atoms with Crippen LogP contribution >= 0.6 is 0 Å². The molecule has 1 fully saturated rings. The lowest BCUT2D eigenvalue weighted by Gasteiger charge is -2.20. The van der Waals surface area contributed by atoms with E-state index in [0.29, 0.717) is 0 Å². The summed E-state index contributed by atoms with van der Waals surface area (Å²) in [6, 6.07) is 0. The molecule has 2 atom stereocenters. The number of aliphatic hydroxyl groups excluding tert-OH is 1. The Morgan fingerprint density at radius 1 is 1.09 bits per heavy atom. The fraction of sp³-hybridized carbons (Fsp3) is 1.00. The van der Waals surface area contributed by atoms with Gasteiger partial charge in [0.1, 0.15) is 0 Å². The van der Waals surface area contributed by atoms with E-state index < -0.39 is 0 Å². The Bertz CT molecular complexity index is 101. The summed E-state index contributed by atoms with van der Waals surface area (Å²) in [5, 5.41) is 9.43. The summed E-state index contributed by atoms with van der Waals surface area (Å²) in [5.41, 5.74) is 0. The third kappa shape index (κ3) is 3.24. The molecule has 0 unspecified atom stereocenters. The molecule has 0 spiro atoms. The predicted octanol–water partition coefficient (Wildman–Crippen LogP) is 2.73. The normalized spacial score (nSPS) is 34.4. The van der Waals surface area contributed by atoms with Gasteiger partial charge in [0.05, 0.1) is 6.10 Å². The second kappa shape index (κ2) is 4.76. The molecule has 0 radical (unpaired) electrons. The zero-order valence-corrected chi connectivity index (χ0v) is 7.55. The van der Waals surface area contributed by atoms with E-state index in [9.17, 15) is 5.11 Å². The highest BCUT2D eigenvalue weighted by Gasteiger charge is 2.13. The van der Waals surface area contributed by atoms with Crippen LogP contribution in [0.25, 0.3) is 0 Å². The van der Waals surface area contributed by atoms with Crippen LogP contribution in [0.1, 0.15) is 51.9 Å². The van der Waals surface area contributed by atoms with E-state index in [-0.39, 0.29) is 6.10 Å². The molecule has 0 heterocycles. The van der Waals surface area contributed by atoms with Crippen LogP contribution in [-0.4, -0.2) is 11.2 Å². The Balaban J connectivity index is 2.25. The molecule has 1 N–H and O–H groups in total. The summed E-state index contributed by atoms with van der Waals surface area (Å²) >= 11 is 0. The van der Waals surface area contributed by atoms with Crippen LogP contribution in [0.2, 0.25) is 0 Å². The van der Waals surface area contributed by atoms with Crippen LogP contribution in [0.4, 0.5) is 0 Å². The molecule has 66 valence electrons. The molecular weight excluding hydrogens is 136 g/mol. The van der Waals surface area contributed by atoms with Gasteiger partial charge in [-0.2, -0.15) is 0 Å². The van der Waals surface area contributed by atoms with Crippen LogP contribution < -0.4 is 0 Å². The number of hydrogen-bond donors (Lipinski definition) is 1. The van der Waals surface area contributed by atoms with E-state index in [2.05, 4.69) is 6.92 Å². The molecule has 0 bridgehead atoms. The first-order valence-electron chi connectivity index (χ1n) is 5.01. The molecule has 11 heavy (non-hydrogen) atoms. The van der Waals surface area contributed by atoms with Crippen molar-refractivity contribution in [2.45, 2.75) is 58.0 Å². The van der Waals surface area contributed by atoms with Gasteiger partial charge in [-0.05, 0) is 25.2 Å². The minimum Gasteiger partial charge on any atom is -0.393 e. The molecule has 0 amide bonds. The van der Waals surface area contributed by atoms with Gasteiger partial charge in [0, 0.05) is 0 Å². The number of hydrogen-bond acceptors (Lipinski definition) is 1. The molecule has 0 saturated heterocycles. The fourth-order valence-corrected chi connectivity index (χ4v) is 1.94. The predicted molar refractivity (Wildman–Crippen MR) is 47.5 cm³/mol. The van der Waals surface area contributed by atoms with Gasteiger partial charge in [0.25, 0.3) is 0 Å². The topological polar surface area (TPSA) is 20.2 Å². The SMILES string of the molecule is CC[C@@H]1CCCC[C@@H](O)CC1. The second-order valence-corrected chi connectivity index (χ2v) is 3.79. The van der Waals surface area contributed by atoms with Crippen LogP contribution in [-0.2, 0) is 0 Å². The smallest absolute Gasteiger partial charge is 0.0540 e. The average molecular weight is 156 g/mol. The van der Waals surface area contributed by atoms with Gasteiger partial charge in [0.15, 0.2) is 0 Å². The second-order valence-electron chi connectivity index (χ2n) is 3.79. The molecule has 1 heteroatoms. The number of rotatable bonds is 1. The van der Waals surface area contributed by atoms with Crippen molar-refractivity contribution in [2.24, 2.45) is 5.92 Å². The zero-order valence-electron chi connectivity index (χ0n) is 7.55. The van der Waals surface area contributed by atoms with Crippen molar-refractivity contribution in [3.63, 3.8) is 0 Å². The Labute approximate surface area is 69.8 Å². The summed E-state index contributed by atoms with van der Waals surface area (Å²) in [6.07, 6.45) is 8.58. The standard InChI is InChI=1S/C10H20O/c1-2-9-5-3-4-6-10(11)8-7-9/h9-11H,2-8H2,1H3/t9-,10-/m1/s1. The highest BCUT2D eigenvalue weighted by molar-refractivity contribution is 4.66. The molecule has 1 saturated carbocycles. The van der Waals surface area contributed by atoms with Crippen molar-refractivity contribution < 1.29 is 5.11 Å². The van der Waals surface area contributed by atoms with E-state index in [1.807, 2.05) is 0 Å². The third-order valence-electron chi connectivity index (χ3n) is 2.89. The molecule has 1 rings (SSSR count). The maximum absolute atomic E-state index is 9.43. The monoisotopic (exact) mass is 156 g/mol. The van der Waals surface area contributed by atoms with E-state index in [4.69, 9.17) is 0 Å². The Morgan fingerprint density at radius 2 is 1.82 bits per heavy atom. The van der Waals surface area contributed by atoms with Gasteiger partial charge in [-0.3, -0.25) is 0 Å². The first-order chi connectivity index (χ1) is 5.33. The van der Waals surface area contributed by atoms with Crippen molar-refractivity contribution >= 4 is 0 Å². The van der Waals surface area contributed by atoms with Gasteiger partial charge in [-0.15, -0.1) is 0 Å². The van der Waals surface area contributed by atoms with E-state index in [1.165, 1.54) is 32.1 Å². The van der Waals surface area contributed by atoms with Crippen LogP contribution in [0, 0.1) is 5.92 Å². The van der Waals surface area contributed by atoms with Crippen LogP contribution in [0.15, 0.2) is 0 Å². The van der Waals surface area contributed by atoms with Crippen molar-refractivity contribution in [3.8, 4) is 0 Å². The van der Waals surface area contributed by atoms with E-state index >= 15 is 0 Å². The quantitative estimate of drug-likeness (QED) is 0.619.